The molecule has 3 nitrogen and oxygen atoms in total. The van der Waals surface area contributed by atoms with Crippen LogP contribution in [0, 0.1) is 25.1 Å². The van der Waals surface area contributed by atoms with E-state index < -0.39 is 5.82 Å². The molecule has 0 fully saturated rings. The molecule has 0 unspecified atom stereocenters. The van der Waals surface area contributed by atoms with Crippen LogP contribution in [0.4, 0.5) is 10.2 Å². The summed E-state index contributed by atoms with van der Waals surface area (Å²) < 4.78 is 13.3. The molecule has 0 aliphatic rings. The van der Waals surface area contributed by atoms with Crippen LogP contribution in [0.25, 0.3) is 0 Å². The molecule has 1 heterocycles. The van der Waals surface area contributed by atoms with Crippen LogP contribution in [0.2, 0.25) is 0 Å². The fourth-order valence-corrected chi connectivity index (χ4v) is 0.923. The van der Waals surface area contributed by atoms with E-state index in [2.05, 4.69) is 15.9 Å². The average Bonchev–Trinajstić information content (AvgIpc) is 2.10. The monoisotopic (exact) mass is 179 g/mol. The SMILES string of the molecule is C#CCN(C)c1ncnc(C)c1F. The number of rotatable bonds is 2. The van der Waals surface area contributed by atoms with Crippen molar-refractivity contribution in [2.24, 2.45) is 0 Å². The summed E-state index contributed by atoms with van der Waals surface area (Å²) in [5, 5.41) is 0. The van der Waals surface area contributed by atoms with Crippen LogP contribution < -0.4 is 4.90 Å². The van der Waals surface area contributed by atoms with Crippen LogP contribution >= 0.6 is 0 Å². The first-order valence-corrected chi connectivity index (χ1v) is 3.78. The van der Waals surface area contributed by atoms with Gasteiger partial charge in [-0.25, -0.2) is 14.4 Å². The van der Waals surface area contributed by atoms with Crippen LogP contribution in [0.15, 0.2) is 6.33 Å². The molecule has 0 radical (unpaired) electrons. The summed E-state index contributed by atoms with van der Waals surface area (Å²) in [7, 11) is 1.69. The van der Waals surface area contributed by atoms with Gasteiger partial charge in [-0.15, -0.1) is 6.42 Å². The quantitative estimate of drug-likeness (QED) is 0.634. The lowest BCUT2D eigenvalue weighted by Gasteiger charge is -2.15. The third-order valence-electron chi connectivity index (χ3n) is 1.64. The molecule has 4 heteroatoms. The maximum absolute atomic E-state index is 13.3. The van der Waals surface area contributed by atoms with Crippen molar-refractivity contribution in [3.05, 3.63) is 17.8 Å². The summed E-state index contributed by atoms with van der Waals surface area (Å²) in [5.74, 6) is 2.24. The molecule has 0 N–H and O–H groups in total. The molecule has 0 saturated heterocycles. The van der Waals surface area contributed by atoms with Crippen LogP contribution in [0.3, 0.4) is 0 Å². The zero-order valence-electron chi connectivity index (χ0n) is 7.58. The summed E-state index contributed by atoms with van der Waals surface area (Å²) in [6.07, 6.45) is 6.42. The Hall–Kier alpha value is -1.63. The van der Waals surface area contributed by atoms with E-state index in [1.54, 1.807) is 18.9 Å². The number of hydrogen-bond acceptors (Lipinski definition) is 3. The van der Waals surface area contributed by atoms with Gasteiger partial charge in [-0.05, 0) is 6.92 Å². The van der Waals surface area contributed by atoms with Gasteiger partial charge >= 0.3 is 0 Å². The van der Waals surface area contributed by atoms with Crippen molar-refractivity contribution >= 4 is 5.82 Å². The first kappa shape index (κ1) is 9.46. The maximum atomic E-state index is 13.3. The molecule has 0 spiro atoms. The molecule has 0 saturated carbocycles. The molecule has 0 atom stereocenters. The molecule has 0 aromatic carbocycles. The van der Waals surface area contributed by atoms with Gasteiger partial charge in [0.1, 0.15) is 6.33 Å². The Morgan fingerprint density at radius 1 is 1.62 bits per heavy atom. The van der Waals surface area contributed by atoms with Crippen molar-refractivity contribution in [3.8, 4) is 12.3 Å². The minimum Gasteiger partial charge on any atom is -0.346 e. The Balaban J connectivity index is 3.02. The second-order valence-corrected chi connectivity index (χ2v) is 2.66. The van der Waals surface area contributed by atoms with E-state index in [0.29, 0.717) is 12.2 Å². The Morgan fingerprint density at radius 2 is 2.31 bits per heavy atom. The summed E-state index contributed by atoms with van der Waals surface area (Å²) in [5.41, 5.74) is 0.328. The number of anilines is 1. The van der Waals surface area contributed by atoms with Crippen molar-refractivity contribution in [1.29, 1.82) is 0 Å². The van der Waals surface area contributed by atoms with E-state index in [4.69, 9.17) is 6.42 Å². The summed E-state index contributed by atoms with van der Waals surface area (Å²) in [6, 6.07) is 0. The van der Waals surface area contributed by atoms with Crippen molar-refractivity contribution < 1.29 is 4.39 Å². The smallest absolute Gasteiger partial charge is 0.186 e. The maximum Gasteiger partial charge on any atom is 0.186 e. The zero-order valence-corrected chi connectivity index (χ0v) is 7.58. The highest BCUT2D eigenvalue weighted by atomic mass is 19.1. The van der Waals surface area contributed by atoms with Gasteiger partial charge in [0.05, 0.1) is 12.2 Å². The highest BCUT2D eigenvalue weighted by Gasteiger charge is 2.10. The van der Waals surface area contributed by atoms with Crippen molar-refractivity contribution in [2.45, 2.75) is 6.92 Å². The first-order chi connectivity index (χ1) is 6.16. The Kier molecular flexibility index (Phi) is 2.80. The van der Waals surface area contributed by atoms with Gasteiger partial charge in [0.2, 0.25) is 0 Å². The van der Waals surface area contributed by atoms with Crippen LogP contribution in [0.1, 0.15) is 5.69 Å². The van der Waals surface area contributed by atoms with E-state index >= 15 is 0 Å². The normalized spacial score (nSPS) is 9.38. The van der Waals surface area contributed by atoms with E-state index in [-0.39, 0.29) is 5.82 Å². The predicted molar refractivity (Wildman–Crippen MR) is 48.8 cm³/mol. The molecule has 1 aromatic heterocycles. The molecular weight excluding hydrogens is 169 g/mol. The largest absolute Gasteiger partial charge is 0.346 e. The van der Waals surface area contributed by atoms with Gasteiger partial charge in [-0.3, -0.25) is 0 Å². The van der Waals surface area contributed by atoms with Gasteiger partial charge in [0.15, 0.2) is 11.6 Å². The lowest BCUT2D eigenvalue weighted by atomic mass is 10.4. The molecule has 0 aliphatic carbocycles. The fraction of sp³-hybridized carbons (Fsp3) is 0.333. The molecule has 0 aliphatic heterocycles. The lowest BCUT2D eigenvalue weighted by molar-refractivity contribution is 0.598. The van der Waals surface area contributed by atoms with Gasteiger partial charge in [0, 0.05) is 7.05 Å². The van der Waals surface area contributed by atoms with Gasteiger partial charge in [-0.1, -0.05) is 5.92 Å². The Labute approximate surface area is 76.6 Å². The van der Waals surface area contributed by atoms with Crippen molar-refractivity contribution in [3.63, 3.8) is 0 Å². The van der Waals surface area contributed by atoms with E-state index in [1.807, 2.05) is 0 Å². The minimum atomic E-state index is -0.416. The number of halogens is 1. The number of nitrogens with zero attached hydrogens (tertiary/aromatic N) is 3. The second-order valence-electron chi connectivity index (χ2n) is 2.66. The number of aryl methyl sites for hydroxylation is 1. The fourth-order valence-electron chi connectivity index (χ4n) is 0.923. The summed E-state index contributed by atoms with van der Waals surface area (Å²) in [6.45, 7) is 1.91. The molecule has 0 bridgehead atoms. The first-order valence-electron chi connectivity index (χ1n) is 3.78. The van der Waals surface area contributed by atoms with Crippen LogP contribution in [-0.4, -0.2) is 23.6 Å². The molecule has 0 amide bonds. The topological polar surface area (TPSA) is 29.0 Å². The minimum absolute atomic E-state index is 0.241. The average molecular weight is 179 g/mol. The number of hydrogen-bond donors (Lipinski definition) is 0. The molecular formula is C9H10FN3. The number of aromatic nitrogens is 2. The van der Waals surface area contributed by atoms with E-state index in [9.17, 15) is 4.39 Å². The second kappa shape index (κ2) is 3.85. The lowest BCUT2D eigenvalue weighted by Crippen LogP contribution is -2.20. The van der Waals surface area contributed by atoms with E-state index in [1.165, 1.54) is 6.33 Å². The zero-order chi connectivity index (χ0) is 9.84. The number of terminal acetylenes is 1. The molecule has 13 heavy (non-hydrogen) atoms. The molecule has 68 valence electrons. The van der Waals surface area contributed by atoms with Crippen LogP contribution in [0.5, 0.6) is 0 Å². The van der Waals surface area contributed by atoms with Gasteiger partial charge < -0.3 is 4.90 Å². The summed E-state index contributed by atoms with van der Waals surface area (Å²) in [4.78, 5) is 9.08. The molecule has 1 rings (SSSR count). The molecule has 1 aromatic rings. The summed E-state index contributed by atoms with van der Waals surface area (Å²) >= 11 is 0. The highest BCUT2D eigenvalue weighted by molar-refractivity contribution is 5.40. The van der Waals surface area contributed by atoms with Gasteiger partial charge in [-0.2, -0.15) is 0 Å². The Bertz CT molecular complexity index is 343. The third kappa shape index (κ3) is 1.94. The standard InChI is InChI=1S/C9H10FN3/c1-4-5-13(3)9-8(10)7(2)11-6-12-9/h1,6H,5H2,2-3H3. The van der Waals surface area contributed by atoms with E-state index in [0.717, 1.165) is 0 Å². The Morgan fingerprint density at radius 3 is 2.92 bits per heavy atom. The predicted octanol–water partition coefficient (Wildman–Crippen LogP) is 0.994. The van der Waals surface area contributed by atoms with Crippen molar-refractivity contribution in [2.75, 3.05) is 18.5 Å². The van der Waals surface area contributed by atoms with Gasteiger partial charge in [0.25, 0.3) is 0 Å². The highest BCUT2D eigenvalue weighted by Crippen LogP contribution is 2.14. The third-order valence-corrected chi connectivity index (χ3v) is 1.64. The van der Waals surface area contributed by atoms with Crippen LogP contribution in [-0.2, 0) is 0 Å². The van der Waals surface area contributed by atoms with Crippen molar-refractivity contribution in [1.82, 2.24) is 9.97 Å².